The second-order valence-electron chi connectivity index (χ2n) is 5.18. The molecule has 0 spiro atoms. The lowest BCUT2D eigenvalue weighted by atomic mass is 10.1. The number of hydrogen-bond acceptors (Lipinski definition) is 4. The zero-order chi connectivity index (χ0) is 15.1. The summed E-state index contributed by atoms with van der Waals surface area (Å²) in [5.41, 5.74) is 3.79. The zero-order valence-electron chi connectivity index (χ0n) is 12.4. The van der Waals surface area contributed by atoms with Crippen LogP contribution < -0.4 is 5.32 Å². The summed E-state index contributed by atoms with van der Waals surface area (Å²) in [7, 11) is 0. The molecule has 5 heteroatoms. The van der Waals surface area contributed by atoms with Gasteiger partial charge in [0.05, 0.1) is 15.8 Å². The molecule has 3 rings (SSSR count). The lowest BCUT2D eigenvalue weighted by Gasteiger charge is -1.98. The van der Waals surface area contributed by atoms with E-state index < -0.39 is 0 Å². The van der Waals surface area contributed by atoms with Crippen molar-refractivity contribution in [2.45, 2.75) is 27.7 Å². The first-order valence-corrected chi connectivity index (χ1v) is 7.52. The smallest absolute Gasteiger partial charge is 0.260 e. The van der Waals surface area contributed by atoms with Crippen molar-refractivity contribution in [2.75, 3.05) is 5.32 Å². The zero-order valence-corrected chi connectivity index (χ0v) is 13.2. The molecule has 0 fully saturated rings. The number of rotatable bonds is 2. The Labute approximate surface area is 126 Å². The van der Waals surface area contributed by atoms with Crippen LogP contribution in [-0.2, 0) is 0 Å². The highest BCUT2D eigenvalue weighted by Gasteiger charge is 2.16. The van der Waals surface area contributed by atoms with Crippen LogP contribution in [0.15, 0.2) is 22.6 Å². The number of aromatic nitrogens is 1. The van der Waals surface area contributed by atoms with Gasteiger partial charge in [0.2, 0.25) is 0 Å². The molecule has 0 saturated carbocycles. The molecule has 2 heterocycles. The summed E-state index contributed by atoms with van der Waals surface area (Å²) in [6.07, 6.45) is 0. The van der Waals surface area contributed by atoms with Crippen molar-refractivity contribution in [1.82, 2.24) is 4.98 Å². The van der Waals surface area contributed by atoms with Crippen molar-refractivity contribution in [3.8, 4) is 0 Å². The molecule has 0 atom stereocenters. The Balaban J connectivity index is 1.95. The molecule has 108 valence electrons. The van der Waals surface area contributed by atoms with Crippen LogP contribution in [-0.4, -0.2) is 10.9 Å². The maximum absolute atomic E-state index is 12.3. The van der Waals surface area contributed by atoms with Crippen molar-refractivity contribution in [3.05, 3.63) is 46.4 Å². The first kappa shape index (κ1) is 13.8. The Bertz CT molecular complexity index is 806. The molecule has 3 aromatic rings. The number of amides is 1. The lowest BCUT2D eigenvalue weighted by Crippen LogP contribution is -2.11. The Kier molecular flexibility index (Phi) is 3.29. The molecule has 1 N–H and O–H groups in total. The number of hydrogen-bond donors (Lipinski definition) is 1. The van der Waals surface area contributed by atoms with Crippen molar-refractivity contribution in [2.24, 2.45) is 0 Å². The van der Waals surface area contributed by atoms with Crippen LogP contribution in [0, 0.1) is 27.7 Å². The van der Waals surface area contributed by atoms with Crippen LogP contribution >= 0.6 is 11.3 Å². The van der Waals surface area contributed by atoms with Crippen LogP contribution in [0.2, 0.25) is 0 Å². The first-order valence-electron chi connectivity index (χ1n) is 6.71. The van der Waals surface area contributed by atoms with Crippen LogP contribution in [0.3, 0.4) is 0 Å². The largest absolute Gasteiger partial charge is 0.466 e. The van der Waals surface area contributed by atoms with Crippen LogP contribution in [0.5, 0.6) is 0 Å². The van der Waals surface area contributed by atoms with E-state index in [1.54, 1.807) is 13.0 Å². The van der Waals surface area contributed by atoms with Gasteiger partial charge in [-0.15, -0.1) is 0 Å². The summed E-state index contributed by atoms with van der Waals surface area (Å²) < 4.78 is 6.51. The third-order valence-electron chi connectivity index (χ3n) is 3.45. The summed E-state index contributed by atoms with van der Waals surface area (Å²) in [6.45, 7) is 7.69. The average Bonchev–Trinajstić information content (AvgIpc) is 2.98. The highest BCUT2D eigenvalue weighted by molar-refractivity contribution is 7.22. The highest BCUT2D eigenvalue weighted by Crippen LogP contribution is 2.31. The molecule has 2 aromatic heterocycles. The maximum atomic E-state index is 12.3. The van der Waals surface area contributed by atoms with E-state index in [1.165, 1.54) is 16.9 Å². The number of aryl methyl sites for hydroxylation is 4. The quantitative estimate of drug-likeness (QED) is 0.764. The molecule has 0 bridgehead atoms. The summed E-state index contributed by atoms with van der Waals surface area (Å²) >= 11 is 1.50. The van der Waals surface area contributed by atoms with E-state index in [9.17, 15) is 4.79 Å². The monoisotopic (exact) mass is 300 g/mol. The van der Waals surface area contributed by atoms with E-state index >= 15 is 0 Å². The van der Waals surface area contributed by atoms with Gasteiger partial charge in [0.1, 0.15) is 11.5 Å². The van der Waals surface area contributed by atoms with E-state index in [0.717, 1.165) is 21.5 Å². The molecule has 0 radical (unpaired) electrons. The van der Waals surface area contributed by atoms with Crippen molar-refractivity contribution in [1.29, 1.82) is 0 Å². The van der Waals surface area contributed by atoms with Gasteiger partial charge in [-0.25, -0.2) is 4.98 Å². The lowest BCUT2D eigenvalue weighted by molar-refractivity contribution is 0.102. The Morgan fingerprint density at radius 3 is 2.52 bits per heavy atom. The summed E-state index contributed by atoms with van der Waals surface area (Å²) in [6, 6.07) is 5.87. The molecule has 21 heavy (non-hydrogen) atoms. The third kappa shape index (κ3) is 2.45. The standard InChI is InChI=1S/C16H16N2O2S/c1-8-5-6-9(2)14-13(8)17-16(21-14)18-15(19)12-7-10(3)20-11(12)4/h5-7H,1-4H3,(H,17,18,19). The molecule has 1 aromatic carbocycles. The second kappa shape index (κ2) is 5.00. The minimum atomic E-state index is -0.182. The number of thiazole rings is 1. The molecule has 1 amide bonds. The molecular formula is C16H16N2O2S. The van der Waals surface area contributed by atoms with Gasteiger partial charge in [-0.05, 0) is 44.9 Å². The number of furan rings is 1. The number of anilines is 1. The van der Waals surface area contributed by atoms with Gasteiger partial charge in [-0.2, -0.15) is 0 Å². The number of carbonyl (C=O) groups excluding carboxylic acids is 1. The number of carbonyl (C=O) groups is 1. The van der Waals surface area contributed by atoms with Crippen molar-refractivity contribution < 1.29 is 9.21 Å². The minimum absolute atomic E-state index is 0.182. The predicted octanol–water partition coefficient (Wildman–Crippen LogP) is 4.38. The van der Waals surface area contributed by atoms with Gasteiger partial charge < -0.3 is 4.42 Å². The maximum Gasteiger partial charge on any atom is 0.260 e. The second-order valence-corrected chi connectivity index (χ2v) is 6.18. The summed E-state index contributed by atoms with van der Waals surface area (Å²) in [5.74, 6) is 1.17. The van der Waals surface area contributed by atoms with Gasteiger partial charge in [-0.3, -0.25) is 10.1 Å². The fraction of sp³-hybridized carbons (Fsp3) is 0.250. The van der Waals surface area contributed by atoms with Gasteiger partial charge in [-0.1, -0.05) is 23.5 Å². The highest BCUT2D eigenvalue weighted by atomic mass is 32.1. The van der Waals surface area contributed by atoms with Crippen LogP contribution in [0.1, 0.15) is 33.0 Å². The van der Waals surface area contributed by atoms with Crippen LogP contribution in [0.4, 0.5) is 5.13 Å². The molecule has 0 aliphatic rings. The predicted molar refractivity (Wildman–Crippen MR) is 85.2 cm³/mol. The Morgan fingerprint density at radius 1 is 1.19 bits per heavy atom. The molecular weight excluding hydrogens is 284 g/mol. The number of nitrogens with zero attached hydrogens (tertiary/aromatic N) is 1. The first-order chi connectivity index (χ1) is 9.95. The van der Waals surface area contributed by atoms with Gasteiger partial charge in [0, 0.05) is 0 Å². The van der Waals surface area contributed by atoms with E-state index in [4.69, 9.17) is 4.42 Å². The molecule has 0 aliphatic carbocycles. The SMILES string of the molecule is Cc1cc(C(=O)Nc2nc3c(C)ccc(C)c3s2)c(C)o1. The normalized spacial score (nSPS) is 11.0. The number of fused-ring (bicyclic) bond motifs is 1. The third-order valence-corrected chi connectivity index (χ3v) is 4.55. The Morgan fingerprint density at radius 2 is 1.90 bits per heavy atom. The van der Waals surface area contributed by atoms with Crippen molar-refractivity contribution >= 4 is 32.6 Å². The van der Waals surface area contributed by atoms with E-state index in [-0.39, 0.29) is 5.91 Å². The van der Waals surface area contributed by atoms with Gasteiger partial charge >= 0.3 is 0 Å². The summed E-state index contributed by atoms with van der Waals surface area (Å²) in [4.78, 5) is 16.8. The summed E-state index contributed by atoms with van der Waals surface area (Å²) in [5, 5.41) is 3.48. The average molecular weight is 300 g/mol. The molecule has 0 saturated heterocycles. The van der Waals surface area contributed by atoms with Crippen LogP contribution in [0.25, 0.3) is 10.2 Å². The fourth-order valence-corrected chi connectivity index (χ4v) is 3.34. The number of benzene rings is 1. The van der Waals surface area contributed by atoms with Crippen molar-refractivity contribution in [3.63, 3.8) is 0 Å². The number of nitrogens with one attached hydrogen (secondary N) is 1. The molecule has 4 nitrogen and oxygen atoms in total. The van der Waals surface area contributed by atoms with Gasteiger partial charge in [0.25, 0.3) is 5.91 Å². The Hall–Kier alpha value is -2.14. The molecule has 0 aliphatic heterocycles. The van der Waals surface area contributed by atoms with E-state index in [1.807, 2.05) is 19.9 Å². The minimum Gasteiger partial charge on any atom is -0.466 e. The van der Waals surface area contributed by atoms with Gasteiger partial charge in [0.15, 0.2) is 5.13 Å². The topological polar surface area (TPSA) is 55.1 Å². The van der Waals surface area contributed by atoms with E-state index in [2.05, 4.69) is 23.3 Å². The fourth-order valence-electron chi connectivity index (χ4n) is 2.33. The van der Waals surface area contributed by atoms with E-state index in [0.29, 0.717) is 16.5 Å². The molecule has 0 unspecified atom stereocenters.